The van der Waals surface area contributed by atoms with Gasteiger partial charge in [-0.3, -0.25) is 9.69 Å². The zero-order valence-electron chi connectivity index (χ0n) is 11.7. The van der Waals surface area contributed by atoms with Crippen LogP contribution in [0.15, 0.2) is 0 Å². The molecule has 1 unspecified atom stereocenters. The van der Waals surface area contributed by atoms with Crippen LogP contribution >= 0.6 is 12.4 Å². The summed E-state index contributed by atoms with van der Waals surface area (Å²) in [5, 5.41) is 3.37. The summed E-state index contributed by atoms with van der Waals surface area (Å²) in [7, 11) is 0. The Balaban J connectivity index is 0.00000162. The van der Waals surface area contributed by atoms with Crippen molar-refractivity contribution in [1.82, 2.24) is 15.1 Å². The molecule has 2 rings (SSSR count). The Hall–Kier alpha value is -0.320. The number of carbonyl (C=O) groups excluding carboxylic acids is 1. The molecule has 1 N–H and O–H groups in total. The summed E-state index contributed by atoms with van der Waals surface area (Å²) in [6.45, 7) is 12.3. The fraction of sp³-hybridized carbons (Fsp3) is 0.923. The predicted molar refractivity (Wildman–Crippen MR) is 76.1 cm³/mol. The number of carbonyl (C=O) groups is 1. The van der Waals surface area contributed by atoms with Crippen LogP contribution in [0.3, 0.4) is 0 Å². The van der Waals surface area contributed by atoms with E-state index in [2.05, 4.69) is 10.2 Å². The smallest absolute Gasteiger partial charge is 0.228 e. The number of rotatable bonds is 1. The summed E-state index contributed by atoms with van der Waals surface area (Å²) in [5.74, 6) is 0.301. The van der Waals surface area contributed by atoms with Crippen LogP contribution in [0.25, 0.3) is 0 Å². The number of likely N-dealkylation sites (tertiary alicyclic amines) is 1. The average Bonchev–Trinajstić information content (AvgIpc) is 2.77. The first-order valence-corrected chi connectivity index (χ1v) is 6.72. The molecule has 0 aliphatic carbocycles. The van der Waals surface area contributed by atoms with E-state index in [0.29, 0.717) is 11.9 Å². The van der Waals surface area contributed by atoms with Crippen LogP contribution in [0, 0.1) is 5.41 Å². The van der Waals surface area contributed by atoms with E-state index in [-0.39, 0.29) is 17.8 Å². The molecule has 0 aromatic rings. The maximum absolute atomic E-state index is 12.2. The molecule has 0 radical (unpaired) electrons. The van der Waals surface area contributed by atoms with Crippen molar-refractivity contribution in [2.45, 2.75) is 33.2 Å². The number of amides is 1. The van der Waals surface area contributed by atoms with Crippen LogP contribution in [-0.2, 0) is 4.79 Å². The van der Waals surface area contributed by atoms with Gasteiger partial charge in [0.05, 0.1) is 0 Å². The van der Waals surface area contributed by atoms with Gasteiger partial charge >= 0.3 is 0 Å². The summed E-state index contributed by atoms with van der Waals surface area (Å²) < 4.78 is 0. The third-order valence-corrected chi connectivity index (χ3v) is 3.76. The van der Waals surface area contributed by atoms with Crippen LogP contribution in [0.1, 0.15) is 27.2 Å². The van der Waals surface area contributed by atoms with Crippen LogP contribution in [0.4, 0.5) is 0 Å². The Bertz CT molecular complexity index is 284. The molecule has 0 aromatic heterocycles. The van der Waals surface area contributed by atoms with E-state index in [0.717, 1.165) is 45.7 Å². The van der Waals surface area contributed by atoms with E-state index in [1.807, 2.05) is 25.7 Å². The van der Waals surface area contributed by atoms with E-state index in [1.54, 1.807) is 0 Å². The van der Waals surface area contributed by atoms with E-state index in [4.69, 9.17) is 0 Å². The van der Waals surface area contributed by atoms with Gasteiger partial charge in [-0.05, 0) is 6.42 Å². The maximum atomic E-state index is 12.2. The van der Waals surface area contributed by atoms with Crippen molar-refractivity contribution in [2.75, 3.05) is 39.3 Å². The highest BCUT2D eigenvalue weighted by Crippen LogP contribution is 2.23. The summed E-state index contributed by atoms with van der Waals surface area (Å²) in [5.41, 5.74) is -0.238. The number of nitrogens with zero attached hydrogens (tertiary/aromatic N) is 2. The lowest BCUT2D eigenvalue weighted by Gasteiger charge is -2.33. The molecule has 2 aliphatic heterocycles. The molecule has 0 aromatic carbocycles. The van der Waals surface area contributed by atoms with Crippen molar-refractivity contribution in [3.63, 3.8) is 0 Å². The first-order valence-electron chi connectivity index (χ1n) is 6.72. The van der Waals surface area contributed by atoms with Crippen LogP contribution in [-0.4, -0.2) is 61.0 Å². The Kier molecular flexibility index (Phi) is 5.44. The van der Waals surface area contributed by atoms with Crippen molar-refractivity contribution in [3.8, 4) is 0 Å². The first-order chi connectivity index (χ1) is 7.98. The molecule has 2 fully saturated rings. The van der Waals surface area contributed by atoms with Gasteiger partial charge < -0.3 is 10.2 Å². The molecule has 2 saturated heterocycles. The monoisotopic (exact) mass is 275 g/mol. The van der Waals surface area contributed by atoms with Crippen molar-refractivity contribution in [2.24, 2.45) is 5.41 Å². The lowest BCUT2D eigenvalue weighted by Crippen LogP contribution is -2.49. The minimum Gasteiger partial charge on any atom is -0.341 e. The molecular weight excluding hydrogens is 250 g/mol. The Morgan fingerprint density at radius 1 is 1.17 bits per heavy atom. The third kappa shape index (κ3) is 3.59. The molecule has 1 atom stereocenters. The topological polar surface area (TPSA) is 35.6 Å². The molecule has 2 aliphatic rings. The quantitative estimate of drug-likeness (QED) is 0.774. The second-order valence-electron chi connectivity index (χ2n) is 6.23. The Morgan fingerprint density at radius 3 is 2.33 bits per heavy atom. The molecule has 1 amide bonds. The number of nitrogens with one attached hydrogen (secondary N) is 1. The minimum absolute atomic E-state index is 0. The summed E-state index contributed by atoms with van der Waals surface area (Å²) >= 11 is 0. The largest absolute Gasteiger partial charge is 0.341 e. The van der Waals surface area contributed by atoms with Gasteiger partial charge in [0.1, 0.15) is 0 Å². The molecular formula is C13H26ClN3O. The second-order valence-corrected chi connectivity index (χ2v) is 6.23. The predicted octanol–water partition coefficient (Wildman–Crippen LogP) is 0.960. The zero-order valence-corrected chi connectivity index (χ0v) is 12.6. The van der Waals surface area contributed by atoms with E-state index in [9.17, 15) is 4.79 Å². The molecule has 0 bridgehead atoms. The average molecular weight is 276 g/mol. The lowest BCUT2D eigenvalue weighted by atomic mass is 9.95. The first kappa shape index (κ1) is 15.7. The number of piperazine rings is 1. The molecule has 5 heteroatoms. The highest BCUT2D eigenvalue weighted by atomic mass is 35.5. The molecule has 18 heavy (non-hydrogen) atoms. The third-order valence-electron chi connectivity index (χ3n) is 3.76. The van der Waals surface area contributed by atoms with E-state index >= 15 is 0 Å². The van der Waals surface area contributed by atoms with Gasteiger partial charge in [0.25, 0.3) is 0 Å². The summed E-state index contributed by atoms with van der Waals surface area (Å²) in [6.07, 6.45) is 1.14. The van der Waals surface area contributed by atoms with Crippen molar-refractivity contribution in [1.29, 1.82) is 0 Å². The van der Waals surface area contributed by atoms with Gasteiger partial charge in [-0.15, -0.1) is 12.4 Å². The summed E-state index contributed by atoms with van der Waals surface area (Å²) in [6, 6.07) is 0.586. The standard InChI is InChI=1S/C13H25N3O.ClH/c1-13(2,3)12(17)16-7-4-11(10-16)15-8-5-14-6-9-15;/h11,14H,4-10H2,1-3H3;1H. The molecule has 0 spiro atoms. The van der Waals surface area contributed by atoms with Crippen LogP contribution in [0.2, 0.25) is 0 Å². The van der Waals surface area contributed by atoms with E-state index < -0.39 is 0 Å². The van der Waals surface area contributed by atoms with Crippen molar-refractivity contribution < 1.29 is 4.79 Å². The van der Waals surface area contributed by atoms with E-state index in [1.165, 1.54) is 0 Å². The summed E-state index contributed by atoms with van der Waals surface area (Å²) in [4.78, 5) is 16.8. The minimum atomic E-state index is -0.238. The Labute approximate surface area is 116 Å². The highest BCUT2D eigenvalue weighted by molar-refractivity contribution is 5.85. The van der Waals surface area contributed by atoms with Gasteiger partial charge in [0.15, 0.2) is 0 Å². The van der Waals surface area contributed by atoms with Crippen LogP contribution < -0.4 is 5.32 Å². The van der Waals surface area contributed by atoms with Crippen molar-refractivity contribution >= 4 is 18.3 Å². The number of hydrogen-bond acceptors (Lipinski definition) is 3. The maximum Gasteiger partial charge on any atom is 0.228 e. The Morgan fingerprint density at radius 2 is 1.78 bits per heavy atom. The molecule has 2 heterocycles. The van der Waals surface area contributed by atoms with Gasteiger partial charge in [-0.2, -0.15) is 0 Å². The second kappa shape index (κ2) is 6.22. The number of hydrogen-bond donors (Lipinski definition) is 1. The van der Waals surface area contributed by atoms with Gasteiger partial charge in [0, 0.05) is 50.7 Å². The normalized spacial score (nSPS) is 25.9. The van der Waals surface area contributed by atoms with Gasteiger partial charge in [0.2, 0.25) is 5.91 Å². The zero-order chi connectivity index (χ0) is 12.5. The fourth-order valence-corrected chi connectivity index (χ4v) is 2.75. The lowest BCUT2D eigenvalue weighted by molar-refractivity contribution is -0.138. The molecule has 4 nitrogen and oxygen atoms in total. The van der Waals surface area contributed by atoms with Gasteiger partial charge in [-0.25, -0.2) is 0 Å². The number of halogens is 1. The van der Waals surface area contributed by atoms with Gasteiger partial charge in [-0.1, -0.05) is 20.8 Å². The van der Waals surface area contributed by atoms with Crippen LogP contribution in [0.5, 0.6) is 0 Å². The molecule has 0 saturated carbocycles. The fourth-order valence-electron chi connectivity index (χ4n) is 2.75. The van der Waals surface area contributed by atoms with Crippen molar-refractivity contribution in [3.05, 3.63) is 0 Å². The highest BCUT2D eigenvalue weighted by Gasteiger charge is 2.35. The molecule has 106 valence electrons. The SMILES string of the molecule is CC(C)(C)C(=O)N1CCC(N2CCNCC2)C1.Cl.